The molecule has 0 spiro atoms. The van der Waals surface area contributed by atoms with Gasteiger partial charge in [0.05, 0.1) is 5.75 Å². The standard InChI is InChI=1S/C11H25NO2S/c1-4-6-7-8-11(3)12-9-10-15(13,14)5-2/h11-12H,4-10H2,1-3H3. The zero-order valence-electron chi connectivity index (χ0n) is 10.3. The summed E-state index contributed by atoms with van der Waals surface area (Å²) in [7, 11) is -2.80. The summed E-state index contributed by atoms with van der Waals surface area (Å²) >= 11 is 0. The van der Waals surface area contributed by atoms with E-state index >= 15 is 0 Å². The molecule has 0 saturated carbocycles. The van der Waals surface area contributed by atoms with Gasteiger partial charge in [0.1, 0.15) is 0 Å². The minimum Gasteiger partial charge on any atom is -0.313 e. The van der Waals surface area contributed by atoms with Gasteiger partial charge in [0.2, 0.25) is 0 Å². The Balaban J connectivity index is 3.50. The van der Waals surface area contributed by atoms with Crippen molar-refractivity contribution in [3.63, 3.8) is 0 Å². The fourth-order valence-electron chi connectivity index (χ4n) is 1.41. The predicted octanol–water partition coefficient (Wildman–Crippen LogP) is 1.98. The average molecular weight is 235 g/mol. The van der Waals surface area contributed by atoms with E-state index in [9.17, 15) is 8.42 Å². The topological polar surface area (TPSA) is 46.2 Å². The molecule has 1 unspecified atom stereocenters. The van der Waals surface area contributed by atoms with Gasteiger partial charge in [0, 0.05) is 18.3 Å². The minimum absolute atomic E-state index is 0.249. The highest BCUT2D eigenvalue weighted by molar-refractivity contribution is 7.91. The average Bonchev–Trinajstić information content (AvgIpc) is 2.18. The van der Waals surface area contributed by atoms with Crippen molar-refractivity contribution in [1.82, 2.24) is 5.32 Å². The molecule has 0 aliphatic heterocycles. The molecule has 0 aliphatic carbocycles. The fraction of sp³-hybridized carbons (Fsp3) is 1.00. The van der Waals surface area contributed by atoms with Crippen LogP contribution in [0.2, 0.25) is 0 Å². The Morgan fingerprint density at radius 1 is 1.20 bits per heavy atom. The fourth-order valence-corrected chi connectivity index (χ4v) is 2.13. The van der Waals surface area contributed by atoms with Crippen LogP contribution >= 0.6 is 0 Å². The summed E-state index contributed by atoms with van der Waals surface area (Å²) in [5.41, 5.74) is 0. The molecule has 0 rings (SSSR count). The quantitative estimate of drug-likeness (QED) is 0.622. The molecule has 15 heavy (non-hydrogen) atoms. The van der Waals surface area contributed by atoms with Crippen LogP contribution in [-0.2, 0) is 9.84 Å². The summed E-state index contributed by atoms with van der Waals surface area (Å²) in [6, 6.07) is 0.434. The minimum atomic E-state index is -2.80. The van der Waals surface area contributed by atoms with E-state index in [2.05, 4.69) is 19.2 Å². The van der Waals surface area contributed by atoms with Gasteiger partial charge in [-0.25, -0.2) is 8.42 Å². The van der Waals surface area contributed by atoms with Crippen LogP contribution in [0.4, 0.5) is 0 Å². The highest BCUT2D eigenvalue weighted by Crippen LogP contribution is 2.02. The normalized spacial score (nSPS) is 14.1. The number of hydrogen-bond acceptors (Lipinski definition) is 3. The molecular formula is C11H25NO2S. The largest absolute Gasteiger partial charge is 0.313 e. The van der Waals surface area contributed by atoms with Crippen molar-refractivity contribution < 1.29 is 8.42 Å². The lowest BCUT2D eigenvalue weighted by Gasteiger charge is -2.13. The Hall–Kier alpha value is -0.0900. The summed E-state index contributed by atoms with van der Waals surface area (Å²) in [5, 5.41) is 3.25. The Labute approximate surface area is 94.6 Å². The molecule has 92 valence electrons. The Morgan fingerprint density at radius 2 is 1.87 bits per heavy atom. The summed E-state index contributed by atoms with van der Waals surface area (Å²) in [6.45, 7) is 6.59. The molecule has 0 aromatic heterocycles. The van der Waals surface area contributed by atoms with E-state index in [0.717, 1.165) is 6.42 Å². The molecule has 0 saturated heterocycles. The molecule has 1 atom stereocenters. The summed E-state index contributed by atoms with van der Waals surface area (Å²) in [4.78, 5) is 0. The second-order valence-corrected chi connectivity index (χ2v) is 6.56. The Morgan fingerprint density at radius 3 is 2.40 bits per heavy atom. The van der Waals surface area contributed by atoms with E-state index in [4.69, 9.17) is 0 Å². The third-order valence-electron chi connectivity index (χ3n) is 2.59. The monoisotopic (exact) mass is 235 g/mol. The second-order valence-electron chi connectivity index (χ2n) is 4.09. The van der Waals surface area contributed by atoms with Crippen molar-refractivity contribution in [3.05, 3.63) is 0 Å². The molecule has 0 aliphatic rings. The maximum Gasteiger partial charge on any atom is 0.151 e. The molecule has 0 amide bonds. The van der Waals surface area contributed by atoms with Gasteiger partial charge in [-0.15, -0.1) is 0 Å². The van der Waals surface area contributed by atoms with Crippen LogP contribution in [0.25, 0.3) is 0 Å². The van der Waals surface area contributed by atoms with Gasteiger partial charge in [0.15, 0.2) is 9.84 Å². The number of unbranched alkanes of at least 4 members (excludes halogenated alkanes) is 2. The highest BCUT2D eigenvalue weighted by Gasteiger charge is 2.07. The molecule has 0 fully saturated rings. The molecule has 1 N–H and O–H groups in total. The molecule has 0 bridgehead atoms. The van der Waals surface area contributed by atoms with Crippen LogP contribution in [0.3, 0.4) is 0 Å². The molecule has 0 radical (unpaired) electrons. The highest BCUT2D eigenvalue weighted by atomic mass is 32.2. The van der Waals surface area contributed by atoms with Gasteiger partial charge in [-0.3, -0.25) is 0 Å². The maximum atomic E-state index is 11.2. The zero-order chi connectivity index (χ0) is 11.7. The van der Waals surface area contributed by atoms with Crippen molar-refractivity contribution in [1.29, 1.82) is 0 Å². The first kappa shape index (κ1) is 14.9. The van der Waals surface area contributed by atoms with Crippen molar-refractivity contribution in [2.75, 3.05) is 18.1 Å². The van der Waals surface area contributed by atoms with Gasteiger partial charge in [-0.2, -0.15) is 0 Å². The van der Waals surface area contributed by atoms with Crippen LogP contribution in [-0.4, -0.2) is 32.5 Å². The van der Waals surface area contributed by atoms with Crippen molar-refractivity contribution in [3.8, 4) is 0 Å². The lowest BCUT2D eigenvalue weighted by molar-refractivity contribution is 0.498. The molecule has 0 aromatic carbocycles. The van der Waals surface area contributed by atoms with E-state index in [-0.39, 0.29) is 11.5 Å². The van der Waals surface area contributed by atoms with Gasteiger partial charge in [-0.05, 0) is 13.3 Å². The maximum absolute atomic E-state index is 11.2. The van der Waals surface area contributed by atoms with Crippen LogP contribution in [0.5, 0.6) is 0 Å². The molecule has 4 heteroatoms. The van der Waals surface area contributed by atoms with Gasteiger partial charge in [-0.1, -0.05) is 33.1 Å². The van der Waals surface area contributed by atoms with E-state index < -0.39 is 9.84 Å². The first-order valence-corrected chi connectivity index (χ1v) is 7.77. The molecular weight excluding hydrogens is 210 g/mol. The molecule has 0 aromatic rings. The van der Waals surface area contributed by atoms with Crippen LogP contribution in [0.1, 0.15) is 46.5 Å². The third kappa shape index (κ3) is 8.88. The number of hydrogen-bond donors (Lipinski definition) is 1. The zero-order valence-corrected chi connectivity index (χ0v) is 11.1. The lowest BCUT2D eigenvalue weighted by atomic mass is 10.1. The van der Waals surface area contributed by atoms with Crippen molar-refractivity contribution in [2.24, 2.45) is 0 Å². The third-order valence-corrected chi connectivity index (χ3v) is 4.29. The molecule has 3 nitrogen and oxygen atoms in total. The van der Waals surface area contributed by atoms with E-state index in [0.29, 0.717) is 12.6 Å². The van der Waals surface area contributed by atoms with Crippen molar-refractivity contribution in [2.45, 2.75) is 52.5 Å². The van der Waals surface area contributed by atoms with Gasteiger partial charge >= 0.3 is 0 Å². The summed E-state index contributed by atoms with van der Waals surface area (Å²) in [5.74, 6) is 0.514. The predicted molar refractivity (Wildman–Crippen MR) is 65.9 cm³/mol. The van der Waals surface area contributed by atoms with Crippen LogP contribution < -0.4 is 5.32 Å². The van der Waals surface area contributed by atoms with Crippen LogP contribution in [0.15, 0.2) is 0 Å². The Bertz CT molecular complexity index is 237. The smallest absolute Gasteiger partial charge is 0.151 e. The first-order valence-electron chi connectivity index (χ1n) is 5.95. The summed E-state index contributed by atoms with van der Waals surface area (Å²) in [6.07, 6.45) is 4.86. The van der Waals surface area contributed by atoms with Crippen molar-refractivity contribution >= 4 is 9.84 Å². The van der Waals surface area contributed by atoms with E-state index in [1.807, 2.05) is 0 Å². The second kappa shape index (κ2) is 8.11. The van der Waals surface area contributed by atoms with E-state index in [1.165, 1.54) is 19.3 Å². The van der Waals surface area contributed by atoms with Gasteiger partial charge in [0.25, 0.3) is 0 Å². The van der Waals surface area contributed by atoms with Gasteiger partial charge < -0.3 is 5.32 Å². The SMILES string of the molecule is CCCCCC(C)NCCS(=O)(=O)CC. The first-order chi connectivity index (χ1) is 7.02. The van der Waals surface area contributed by atoms with E-state index in [1.54, 1.807) is 6.92 Å². The summed E-state index contributed by atoms with van der Waals surface area (Å²) < 4.78 is 22.4. The molecule has 0 heterocycles. The van der Waals surface area contributed by atoms with Crippen LogP contribution in [0, 0.1) is 0 Å². The Kier molecular flexibility index (Phi) is 8.06. The number of rotatable bonds is 9. The lowest BCUT2D eigenvalue weighted by Crippen LogP contribution is -2.31. The number of sulfone groups is 1. The number of nitrogens with one attached hydrogen (secondary N) is 1.